The van der Waals surface area contributed by atoms with Crippen LogP contribution in [0.25, 0.3) is 0 Å². The molecule has 0 saturated carbocycles. The molecule has 0 atom stereocenters. The first kappa shape index (κ1) is 11.0. The van der Waals surface area contributed by atoms with Crippen LogP contribution in [0.3, 0.4) is 0 Å². The van der Waals surface area contributed by atoms with Crippen molar-refractivity contribution in [2.75, 3.05) is 5.32 Å². The minimum absolute atomic E-state index is 0.511. The second kappa shape index (κ2) is 5.03. The summed E-state index contributed by atoms with van der Waals surface area (Å²) in [6.07, 6.45) is 3.75. The lowest BCUT2D eigenvalue weighted by Crippen LogP contribution is -2.06. The van der Waals surface area contributed by atoms with Crippen LogP contribution < -0.4 is 5.32 Å². The van der Waals surface area contributed by atoms with E-state index in [1.807, 2.05) is 18.2 Å². The number of hydrogen-bond donors (Lipinski definition) is 1. The summed E-state index contributed by atoms with van der Waals surface area (Å²) in [6.45, 7) is 3.86. The predicted molar refractivity (Wildman–Crippen MR) is 66.7 cm³/mol. The molecule has 2 aromatic rings. The summed E-state index contributed by atoms with van der Waals surface area (Å²) >= 11 is 5.96. The van der Waals surface area contributed by atoms with E-state index in [1.54, 1.807) is 6.20 Å². The second-order valence-corrected chi connectivity index (χ2v) is 3.84. The van der Waals surface area contributed by atoms with Crippen molar-refractivity contribution in [1.82, 2.24) is 9.55 Å². The van der Waals surface area contributed by atoms with Gasteiger partial charge in [-0.05, 0) is 31.2 Å². The van der Waals surface area contributed by atoms with E-state index in [1.165, 1.54) is 5.69 Å². The van der Waals surface area contributed by atoms with E-state index in [0.717, 1.165) is 18.8 Å². The molecule has 1 N–H and O–H groups in total. The Bertz CT molecular complexity index is 465. The highest BCUT2D eigenvalue weighted by Gasteiger charge is 2.02. The largest absolute Gasteiger partial charge is 0.377 e. The number of hydrogen-bond acceptors (Lipinski definition) is 2. The first-order chi connectivity index (χ1) is 7.81. The topological polar surface area (TPSA) is 29.9 Å². The van der Waals surface area contributed by atoms with E-state index in [0.29, 0.717) is 5.15 Å². The molecule has 0 aliphatic carbocycles. The molecule has 0 radical (unpaired) electrons. The molecule has 16 heavy (non-hydrogen) atoms. The fourth-order valence-corrected chi connectivity index (χ4v) is 1.81. The van der Waals surface area contributed by atoms with Crippen molar-refractivity contribution in [3.63, 3.8) is 0 Å². The monoisotopic (exact) mass is 235 g/mol. The van der Waals surface area contributed by atoms with Gasteiger partial charge in [-0.25, -0.2) is 4.98 Å². The molecule has 0 spiro atoms. The fraction of sp³-hybridized carbons (Fsp3) is 0.250. The first-order valence-electron chi connectivity index (χ1n) is 5.29. The summed E-state index contributed by atoms with van der Waals surface area (Å²) in [7, 11) is 0. The number of rotatable bonds is 4. The zero-order valence-electron chi connectivity index (χ0n) is 9.15. The summed E-state index contributed by atoms with van der Waals surface area (Å²) in [5.74, 6) is 0. The van der Waals surface area contributed by atoms with E-state index in [2.05, 4.69) is 34.1 Å². The van der Waals surface area contributed by atoms with Crippen molar-refractivity contribution in [2.45, 2.75) is 20.0 Å². The maximum absolute atomic E-state index is 5.96. The SMILES string of the molecule is CCn1cccc1CNc1cccnc1Cl. The lowest BCUT2D eigenvalue weighted by molar-refractivity contribution is 0.724. The normalized spacial score (nSPS) is 10.4. The van der Waals surface area contributed by atoms with Crippen LogP contribution >= 0.6 is 11.6 Å². The average Bonchev–Trinajstić information content (AvgIpc) is 2.75. The third kappa shape index (κ3) is 2.36. The van der Waals surface area contributed by atoms with Gasteiger partial charge in [0.25, 0.3) is 0 Å². The second-order valence-electron chi connectivity index (χ2n) is 3.48. The minimum Gasteiger partial charge on any atom is -0.377 e. The van der Waals surface area contributed by atoms with Crippen molar-refractivity contribution >= 4 is 17.3 Å². The highest BCUT2D eigenvalue weighted by molar-refractivity contribution is 6.31. The molecule has 0 aromatic carbocycles. The van der Waals surface area contributed by atoms with Crippen LogP contribution in [-0.4, -0.2) is 9.55 Å². The molecule has 2 aromatic heterocycles. The molecule has 2 rings (SSSR count). The van der Waals surface area contributed by atoms with Gasteiger partial charge >= 0.3 is 0 Å². The lowest BCUT2D eigenvalue weighted by Gasteiger charge is -2.09. The molecule has 0 saturated heterocycles. The van der Waals surface area contributed by atoms with E-state index in [9.17, 15) is 0 Å². The Labute approximate surface area is 100 Å². The van der Waals surface area contributed by atoms with E-state index in [4.69, 9.17) is 11.6 Å². The molecule has 0 unspecified atom stereocenters. The minimum atomic E-state index is 0.511. The number of pyridine rings is 1. The maximum atomic E-state index is 5.96. The molecule has 0 aliphatic rings. The number of aryl methyl sites for hydroxylation is 1. The predicted octanol–water partition coefficient (Wildman–Crippen LogP) is 3.17. The Morgan fingerprint density at radius 2 is 2.25 bits per heavy atom. The van der Waals surface area contributed by atoms with Gasteiger partial charge < -0.3 is 9.88 Å². The molecule has 2 heterocycles. The van der Waals surface area contributed by atoms with Crippen molar-refractivity contribution in [3.8, 4) is 0 Å². The molecule has 0 bridgehead atoms. The van der Waals surface area contributed by atoms with Gasteiger partial charge in [-0.1, -0.05) is 11.6 Å². The number of aromatic nitrogens is 2. The molecule has 84 valence electrons. The van der Waals surface area contributed by atoms with Gasteiger partial charge in [0.2, 0.25) is 0 Å². The summed E-state index contributed by atoms with van der Waals surface area (Å²) in [5.41, 5.74) is 2.11. The van der Waals surface area contributed by atoms with E-state index >= 15 is 0 Å². The molecular formula is C12H14ClN3. The Hall–Kier alpha value is -1.48. The Balaban J connectivity index is 2.05. The van der Waals surface area contributed by atoms with E-state index in [-0.39, 0.29) is 0 Å². The molecule has 4 heteroatoms. The van der Waals surface area contributed by atoms with Gasteiger partial charge in [0.15, 0.2) is 5.15 Å². The van der Waals surface area contributed by atoms with Gasteiger partial charge in [0.05, 0.1) is 12.2 Å². The van der Waals surface area contributed by atoms with Crippen LogP contribution in [0.1, 0.15) is 12.6 Å². The highest BCUT2D eigenvalue weighted by Crippen LogP contribution is 2.18. The number of nitrogens with one attached hydrogen (secondary N) is 1. The van der Waals surface area contributed by atoms with Gasteiger partial charge in [-0.3, -0.25) is 0 Å². The van der Waals surface area contributed by atoms with Crippen LogP contribution in [0.2, 0.25) is 5.15 Å². The van der Waals surface area contributed by atoms with Gasteiger partial charge in [-0.2, -0.15) is 0 Å². The summed E-state index contributed by atoms with van der Waals surface area (Å²) in [5, 5.41) is 3.79. The van der Waals surface area contributed by atoms with Crippen LogP contribution in [0.4, 0.5) is 5.69 Å². The lowest BCUT2D eigenvalue weighted by atomic mass is 10.3. The third-order valence-corrected chi connectivity index (χ3v) is 2.78. The van der Waals surface area contributed by atoms with Crippen molar-refractivity contribution in [2.24, 2.45) is 0 Å². The smallest absolute Gasteiger partial charge is 0.152 e. The standard InChI is InChI=1S/C12H14ClN3/c1-2-16-8-4-5-10(16)9-15-11-6-3-7-14-12(11)13/h3-8,15H,2,9H2,1H3. The first-order valence-corrected chi connectivity index (χ1v) is 5.67. The highest BCUT2D eigenvalue weighted by atomic mass is 35.5. The quantitative estimate of drug-likeness (QED) is 0.825. The molecular weight excluding hydrogens is 222 g/mol. The van der Waals surface area contributed by atoms with Gasteiger partial charge in [0, 0.05) is 24.6 Å². The molecule has 0 fully saturated rings. The number of halogens is 1. The zero-order chi connectivity index (χ0) is 11.4. The summed E-state index contributed by atoms with van der Waals surface area (Å²) in [6, 6.07) is 7.94. The van der Waals surface area contributed by atoms with Crippen molar-refractivity contribution in [3.05, 3.63) is 47.5 Å². The van der Waals surface area contributed by atoms with Crippen molar-refractivity contribution in [1.29, 1.82) is 0 Å². The Morgan fingerprint density at radius 3 is 3.00 bits per heavy atom. The zero-order valence-corrected chi connectivity index (χ0v) is 9.91. The molecule has 0 aliphatic heterocycles. The number of anilines is 1. The Kier molecular flexibility index (Phi) is 3.47. The van der Waals surface area contributed by atoms with Crippen LogP contribution in [-0.2, 0) is 13.1 Å². The summed E-state index contributed by atoms with van der Waals surface area (Å²) < 4.78 is 2.19. The maximum Gasteiger partial charge on any atom is 0.152 e. The fourth-order valence-electron chi connectivity index (χ4n) is 1.62. The van der Waals surface area contributed by atoms with Crippen LogP contribution in [0, 0.1) is 0 Å². The van der Waals surface area contributed by atoms with Gasteiger partial charge in [0.1, 0.15) is 0 Å². The van der Waals surface area contributed by atoms with Crippen LogP contribution in [0.15, 0.2) is 36.7 Å². The van der Waals surface area contributed by atoms with Gasteiger partial charge in [-0.15, -0.1) is 0 Å². The average molecular weight is 236 g/mol. The molecule has 0 amide bonds. The van der Waals surface area contributed by atoms with E-state index < -0.39 is 0 Å². The molecule has 3 nitrogen and oxygen atoms in total. The Morgan fingerprint density at radius 1 is 1.38 bits per heavy atom. The third-order valence-electron chi connectivity index (χ3n) is 2.48. The van der Waals surface area contributed by atoms with Crippen molar-refractivity contribution < 1.29 is 0 Å². The van der Waals surface area contributed by atoms with Crippen LogP contribution in [0.5, 0.6) is 0 Å². The summed E-state index contributed by atoms with van der Waals surface area (Å²) in [4.78, 5) is 4.02. The number of nitrogens with zero attached hydrogens (tertiary/aromatic N) is 2.